The Morgan fingerprint density at radius 1 is 1.56 bits per heavy atom. The third kappa shape index (κ3) is 2.60. The van der Waals surface area contributed by atoms with Gasteiger partial charge in [0.15, 0.2) is 0 Å². The summed E-state index contributed by atoms with van der Waals surface area (Å²) in [4.78, 5) is 10.9. The zero-order valence-corrected chi connectivity index (χ0v) is 10.1. The van der Waals surface area contributed by atoms with Crippen LogP contribution in [0.25, 0.3) is 0 Å². The van der Waals surface area contributed by atoms with E-state index in [1.165, 1.54) is 12.1 Å². The van der Waals surface area contributed by atoms with Gasteiger partial charge in [0.05, 0.1) is 17.8 Å². The summed E-state index contributed by atoms with van der Waals surface area (Å²) in [5.74, 6) is -1.13. The molecule has 0 radical (unpaired) electrons. The smallest absolute Gasteiger partial charge is 0.248 e. The van der Waals surface area contributed by atoms with Crippen molar-refractivity contribution < 1.29 is 13.9 Å². The van der Waals surface area contributed by atoms with E-state index in [0.29, 0.717) is 12.2 Å². The first-order valence-electron chi connectivity index (χ1n) is 5.71. The van der Waals surface area contributed by atoms with Crippen LogP contribution in [0, 0.1) is 5.82 Å². The van der Waals surface area contributed by atoms with Gasteiger partial charge in [0.2, 0.25) is 5.91 Å². The molecule has 0 bridgehead atoms. The van der Waals surface area contributed by atoms with E-state index in [9.17, 15) is 9.18 Å². The Balaban J connectivity index is 2.12. The molecule has 18 heavy (non-hydrogen) atoms. The number of anilines is 1. The molecule has 1 heterocycles. The molecule has 1 aromatic rings. The summed E-state index contributed by atoms with van der Waals surface area (Å²) in [5.41, 5.74) is 5.59. The molecule has 5 nitrogen and oxygen atoms in total. The van der Waals surface area contributed by atoms with Crippen molar-refractivity contribution in [2.24, 2.45) is 5.73 Å². The highest BCUT2D eigenvalue weighted by atomic mass is 19.1. The predicted octanol–water partition coefficient (Wildman–Crippen LogP) is 0.323. The molecule has 1 unspecified atom stereocenters. The molecule has 98 valence electrons. The van der Waals surface area contributed by atoms with Crippen molar-refractivity contribution in [3.8, 4) is 0 Å². The third-order valence-corrected chi connectivity index (χ3v) is 3.06. The summed E-state index contributed by atoms with van der Waals surface area (Å²) in [6.07, 6.45) is 0.000201. The monoisotopic (exact) mass is 253 g/mol. The number of nitrogens with two attached hydrogens (primary N) is 1. The first kappa shape index (κ1) is 12.8. The summed E-state index contributed by atoms with van der Waals surface area (Å²) in [6, 6.07) is 4.15. The maximum atomic E-state index is 13.8. The number of halogens is 1. The number of nitrogens with one attached hydrogen (secondary N) is 2. The number of carbonyl (C=O) groups is 1. The summed E-state index contributed by atoms with van der Waals surface area (Å²) in [5, 5.41) is 6.22. The Labute approximate surface area is 104 Å². The van der Waals surface area contributed by atoms with Crippen LogP contribution in [0.3, 0.4) is 0 Å². The second kappa shape index (κ2) is 5.32. The number of carbonyl (C=O) groups excluding carboxylic acids is 1. The van der Waals surface area contributed by atoms with Crippen molar-refractivity contribution in [2.75, 3.05) is 25.5 Å². The number of hydrogen-bond acceptors (Lipinski definition) is 4. The molecule has 1 aromatic carbocycles. The van der Waals surface area contributed by atoms with Crippen molar-refractivity contribution in [3.05, 3.63) is 29.6 Å². The quantitative estimate of drug-likeness (QED) is 0.722. The van der Waals surface area contributed by atoms with Gasteiger partial charge < -0.3 is 21.1 Å². The molecule has 1 fully saturated rings. The van der Waals surface area contributed by atoms with E-state index in [2.05, 4.69) is 10.6 Å². The molecular formula is C12H16FN3O2. The molecule has 2 atom stereocenters. The van der Waals surface area contributed by atoms with Gasteiger partial charge >= 0.3 is 0 Å². The summed E-state index contributed by atoms with van der Waals surface area (Å²) < 4.78 is 19.0. The van der Waals surface area contributed by atoms with Gasteiger partial charge in [-0.2, -0.15) is 0 Å². The molecule has 6 heteroatoms. The molecular weight excluding hydrogens is 237 g/mol. The highest BCUT2D eigenvalue weighted by Crippen LogP contribution is 2.19. The van der Waals surface area contributed by atoms with Crippen molar-refractivity contribution in [2.45, 2.75) is 12.1 Å². The molecule has 1 saturated heterocycles. The molecule has 0 saturated carbocycles. The minimum atomic E-state index is -0.641. The molecule has 0 aliphatic carbocycles. The first-order valence-corrected chi connectivity index (χ1v) is 5.71. The molecule has 1 aliphatic rings. The molecule has 1 aliphatic heterocycles. The minimum Gasteiger partial charge on any atom is -0.378 e. The van der Waals surface area contributed by atoms with E-state index >= 15 is 0 Å². The maximum absolute atomic E-state index is 13.8. The topological polar surface area (TPSA) is 76.4 Å². The molecule has 0 aromatic heterocycles. The van der Waals surface area contributed by atoms with Gasteiger partial charge in [-0.05, 0) is 18.2 Å². The number of hydrogen-bond donors (Lipinski definition) is 3. The van der Waals surface area contributed by atoms with Crippen LogP contribution in [0.1, 0.15) is 10.4 Å². The van der Waals surface area contributed by atoms with E-state index in [4.69, 9.17) is 10.5 Å². The fourth-order valence-electron chi connectivity index (χ4n) is 2.03. The van der Waals surface area contributed by atoms with Crippen LogP contribution in [0.5, 0.6) is 0 Å². The Morgan fingerprint density at radius 3 is 2.94 bits per heavy atom. The zero-order valence-electron chi connectivity index (χ0n) is 10.1. The molecule has 1 amide bonds. The van der Waals surface area contributed by atoms with E-state index in [1.807, 2.05) is 0 Å². The van der Waals surface area contributed by atoms with Gasteiger partial charge in [0.1, 0.15) is 5.82 Å². The van der Waals surface area contributed by atoms with Crippen LogP contribution in [0.4, 0.5) is 10.1 Å². The lowest BCUT2D eigenvalue weighted by molar-refractivity contribution is 0.0999. The number of benzene rings is 1. The van der Waals surface area contributed by atoms with Crippen LogP contribution >= 0.6 is 0 Å². The summed E-state index contributed by atoms with van der Waals surface area (Å²) in [6.45, 7) is 1.44. The fourth-order valence-corrected chi connectivity index (χ4v) is 2.03. The fraction of sp³-hybridized carbons (Fsp3) is 0.417. The lowest BCUT2D eigenvalue weighted by Crippen LogP contribution is -2.33. The van der Waals surface area contributed by atoms with Gasteiger partial charge in [-0.15, -0.1) is 0 Å². The van der Waals surface area contributed by atoms with Crippen LogP contribution in [0.2, 0.25) is 0 Å². The van der Waals surface area contributed by atoms with Crippen LogP contribution < -0.4 is 16.4 Å². The molecule has 4 N–H and O–H groups in total. The average molecular weight is 253 g/mol. The SMILES string of the molecule is CO[C@H]1CNCC1Nc1ccc(C(N)=O)cc1F. The highest BCUT2D eigenvalue weighted by Gasteiger charge is 2.27. The number of methoxy groups -OCH3 is 1. The lowest BCUT2D eigenvalue weighted by atomic mass is 10.1. The van der Waals surface area contributed by atoms with Crippen molar-refractivity contribution in [1.82, 2.24) is 5.32 Å². The zero-order chi connectivity index (χ0) is 13.1. The number of amides is 1. The number of rotatable bonds is 4. The van der Waals surface area contributed by atoms with Crippen molar-refractivity contribution in [3.63, 3.8) is 0 Å². The summed E-state index contributed by atoms with van der Waals surface area (Å²) in [7, 11) is 1.62. The Bertz CT molecular complexity index is 453. The Kier molecular flexibility index (Phi) is 3.78. The lowest BCUT2D eigenvalue weighted by Gasteiger charge is -2.20. The standard InChI is InChI=1S/C12H16FN3O2/c1-18-11-6-15-5-10(11)16-9-3-2-7(12(14)17)4-8(9)13/h2-4,10-11,15-16H,5-6H2,1H3,(H2,14,17)/t10?,11-/m0/s1. The van der Waals surface area contributed by atoms with E-state index in [-0.39, 0.29) is 17.7 Å². The van der Waals surface area contributed by atoms with Gasteiger partial charge in [0, 0.05) is 25.8 Å². The van der Waals surface area contributed by atoms with Gasteiger partial charge in [-0.3, -0.25) is 4.79 Å². The maximum Gasteiger partial charge on any atom is 0.248 e. The predicted molar refractivity (Wildman–Crippen MR) is 66.0 cm³/mol. The van der Waals surface area contributed by atoms with Crippen molar-refractivity contribution in [1.29, 1.82) is 0 Å². The van der Waals surface area contributed by atoms with Crippen LogP contribution in [0.15, 0.2) is 18.2 Å². The van der Waals surface area contributed by atoms with Gasteiger partial charge in [-0.1, -0.05) is 0 Å². The van der Waals surface area contributed by atoms with E-state index < -0.39 is 11.7 Å². The largest absolute Gasteiger partial charge is 0.378 e. The normalized spacial score (nSPS) is 23.0. The van der Waals surface area contributed by atoms with Crippen LogP contribution in [-0.2, 0) is 4.74 Å². The van der Waals surface area contributed by atoms with Crippen molar-refractivity contribution >= 4 is 11.6 Å². The third-order valence-electron chi connectivity index (χ3n) is 3.06. The summed E-state index contributed by atoms with van der Waals surface area (Å²) >= 11 is 0. The Morgan fingerprint density at radius 2 is 2.33 bits per heavy atom. The van der Waals surface area contributed by atoms with E-state index in [1.54, 1.807) is 7.11 Å². The second-order valence-electron chi connectivity index (χ2n) is 4.24. The number of ether oxygens (including phenoxy) is 1. The van der Waals surface area contributed by atoms with Gasteiger partial charge in [0.25, 0.3) is 0 Å². The number of primary amides is 1. The van der Waals surface area contributed by atoms with E-state index in [0.717, 1.165) is 12.6 Å². The second-order valence-corrected chi connectivity index (χ2v) is 4.24. The molecule has 2 rings (SSSR count). The Hall–Kier alpha value is -1.66. The van der Waals surface area contributed by atoms with Crippen LogP contribution in [-0.4, -0.2) is 38.3 Å². The first-order chi connectivity index (χ1) is 8.61. The average Bonchev–Trinajstić information content (AvgIpc) is 2.78. The highest BCUT2D eigenvalue weighted by molar-refractivity contribution is 5.93. The van der Waals surface area contributed by atoms with Gasteiger partial charge in [-0.25, -0.2) is 4.39 Å². The molecule has 0 spiro atoms. The minimum absolute atomic E-state index is 0.000201.